The maximum atomic E-state index is 12.4. The summed E-state index contributed by atoms with van der Waals surface area (Å²) in [4.78, 5) is 14.2. The number of ether oxygens (including phenoxy) is 1. The Bertz CT molecular complexity index is 858. The van der Waals surface area contributed by atoms with Gasteiger partial charge in [-0.1, -0.05) is 35.4 Å². The van der Waals surface area contributed by atoms with Crippen LogP contribution in [0.2, 0.25) is 0 Å². The lowest BCUT2D eigenvalue weighted by molar-refractivity contribution is -0.134. The van der Waals surface area contributed by atoms with Crippen molar-refractivity contribution in [3.8, 4) is 6.01 Å². The molecule has 2 aromatic heterocycles. The van der Waals surface area contributed by atoms with Crippen molar-refractivity contribution in [1.82, 2.24) is 19.5 Å². The number of aromatic nitrogens is 3. The van der Waals surface area contributed by atoms with Gasteiger partial charge in [-0.2, -0.15) is 0 Å². The summed E-state index contributed by atoms with van der Waals surface area (Å²) >= 11 is 0. The third kappa shape index (κ3) is 2.63. The van der Waals surface area contributed by atoms with E-state index in [-0.39, 0.29) is 12.5 Å². The van der Waals surface area contributed by atoms with Crippen LogP contribution in [0.1, 0.15) is 11.1 Å². The van der Waals surface area contributed by atoms with Gasteiger partial charge in [0.1, 0.15) is 0 Å². The van der Waals surface area contributed by atoms with Gasteiger partial charge in [-0.05, 0) is 29.7 Å². The van der Waals surface area contributed by atoms with Crippen LogP contribution in [0, 0.1) is 0 Å². The average molecular weight is 308 g/mol. The number of fused-ring (bicyclic) bond motifs is 2. The highest BCUT2D eigenvalue weighted by atomic mass is 16.5. The van der Waals surface area contributed by atoms with Crippen molar-refractivity contribution in [1.29, 1.82) is 0 Å². The van der Waals surface area contributed by atoms with E-state index in [0.29, 0.717) is 18.2 Å². The summed E-state index contributed by atoms with van der Waals surface area (Å²) in [6.45, 7) is 1.33. The molecule has 1 amide bonds. The van der Waals surface area contributed by atoms with Gasteiger partial charge in [0.25, 0.3) is 5.91 Å². The average Bonchev–Trinajstić information content (AvgIpc) is 3.02. The topological polar surface area (TPSA) is 59.7 Å². The lowest BCUT2D eigenvalue weighted by atomic mass is 10.00. The van der Waals surface area contributed by atoms with Crippen LogP contribution in [-0.4, -0.2) is 38.6 Å². The highest BCUT2D eigenvalue weighted by Gasteiger charge is 2.21. The van der Waals surface area contributed by atoms with E-state index in [4.69, 9.17) is 4.74 Å². The van der Waals surface area contributed by atoms with Gasteiger partial charge >= 0.3 is 6.01 Å². The van der Waals surface area contributed by atoms with E-state index in [1.165, 1.54) is 11.1 Å². The molecule has 0 saturated carbocycles. The minimum absolute atomic E-state index is 0.0299. The van der Waals surface area contributed by atoms with E-state index >= 15 is 0 Å². The van der Waals surface area contributed by atoms with Gasteiger partial charge in [0.05, 0.1) is 0 Å². The molecule has 6 nitrogen and oxygen atoms in total. The molecule has 116 valence electrons. The fourth-order valence-electron chi connectivity index (χ4n) is 2.84. The fraction of sp³-hybridized carbons (Fsp3) is 0.235. The number of benzene rings is 1. The molecule has 0 bridgehead atoms. The molecular formula is C17H16N4O2. The molecule has 1 aromatic carbocycles. The number of hydrogen-bond donors (Lipinski definition) is 0. The fourth-order valence-corrected chi connectivity index (χ4v) is 2.84. The summed E-state index contributed by atoms with van der Waals surface area (Å²) in [5.41, 5.74) is 3.22. The zero-order chi connectivity index (χ0) is 15.6. The number of pyridine rings is 1. The van der Waals surface area contributed by atoms with E-state index in [2.05, 4.69) is 22.3 Å². The Morgan fingerprint density at radius 2 is 1.91 bits per heavy atom. The van der Waals surface area contributed by atoms with Crippen molar-refractivity contribution in [2.75, 3.05) is 13.2 Å². The lowest BCUT2D eigenvalue weighted by Gasteiger charge is -2.28. The van der Waals surface area contributed by atoms with Crippen LogP contribution in [0.5, 0.6) is 6.01 Å². The molecule has 0 spiro atoms. The van der Waals surface area contributed by atoms with Crippen molar-refractivity contribution in [2.45, 2.75) is 13.0 Å². The highest BCUT2D eigenvalue weighted by Crippen LogP contribution is 2.18. The largest absolute Gasteiger partial charge is 0.453 e. The first kappa shape index (κ1) is 13.8. The van der Waals surface area contributed by atoms with Crippen molar-refractivity contribution >= 4 is 11.6 Å². The second kappa shape index (κ2) is 5.72. The molecule has 0 radical (unpaired) electrons. The minimum Gasteiger partial charge on any atom is -0.453 e. The number of carbonyl (C=O) groups is 1. The smallest absolute Gasteiger partial charge is 0.322 e. The first-order valence-corrected chi connectivity index (χ1v) is 7.58. The Hall–Kier alpha value is -2.89. The molecule has 3 heterocycles. The molecule has 4 rings (SSSR count). The first-order valence-electron chi connectivity index (χ1n) is 7.58. The summed E-state index contributed by atoms with van der Waals surface area (Å²) in [6.07, 6.45) is 2.70. The van der Waals surface area contributed by atoms with Crippen LogP contribution in [0.25, 0.3) is 5.65 Å². The van der Waals surface area contributed by atoms with Crippen LogP contribution in [-0.2, 0) is 17.8 Å². The molecule has 3 aromatic rings. The van der Waals surface area contributed by atoms with E-state index < -0.39 is 0 Å². The number of nitrogens with zero attached hydrogens (tertiary/aromatic N) is 4. The molecule has 0 atom stereocenters. The zero-order valence-corrected chi connectivity index (χ0v) is 12.6. The number of rotatable bonds is 3. The van der Waals surface area contributed by atoms with Crippen molar-refractivity contribution in [3.05, 3.63) is 59.8 Å². The summed E-state index contributed by atoms with van der Waals surface area (Å²) < 4.78 is 7.28. The van der Waals surface area contributed by atoms with Gasteiger partial charge in [-0.3, -0.25) is 9.20 Å². The van der Waals surface area contributed by atoms with Crippen LogP contribution < -0.4 is 4.74 Å². The summed E-state index contributed by atoms with van der Waals surface area (Å²) in [7, 11) is 0. The van der Waals surface area contributed by atoms with Gasteiger partial charge in [-0.15, -0.1) is 5.10 Å². The third-order valence-corrected chi connectivity index (χ3v) is 4.09. The Morgan fingerprint density at radius 1 is 1.09 bits per heavy atom. The zero-order valence-electron chi connectivity index (χ0n) is 12.6. The van der Waals surface area contributed by atoms with Crippen molar-refractivity contribution < 1.29 is 9.53 Å². The number of carbonyl (C=O) groups excluding carboxylic acids is 1. The number of hydrogen-bond acceptors (Lipinski definition) is 4. The molecule has 0 saturated heterocycles. The third-order valence-electron chi connectivity index (χ3n) is 4.09. The van der Waals surface area contributed by atoms with Crippen molar-refractivity contribution in [2.24, 2.45) is 0 Å². The Labute approximate surface area is 133 Å². The molecular weight excluding hydrogens is 292 g/mol. The summed E-state index contributed by atoms with van der Waals surface area (Å²) in [5, 5.41) is 7.97. The molecule has 6 heteroatoms. The maximum Gasteiger partial charge on any atom is 0.322 e. The molecule has 0 fully saturated rings. The van der Waals surface area contributed by atoms with Gasteiger partial charge in [0.2, 0.25) is 0 Å². The Morgan fingerprint density at radius 3 is 2.83 bits per heavy atom. The first-order chi connectivity index (χ1) is 11.3. The highest BCUT2D eigenvalue weighted by molar-refractivity contribution is 5.78. The summed E-state index contributed by atoms with van der Waals surface area (Å²) in [5.74, 6) is -0.0350. The van der Waals surface area contributed by atoms with Gasteiger partial charge < -0.3 is 9.64 Å². The maximum absolute atomic E-state index is 12.4. The Balaban J connectivity index is 1.43. The monoisotopic (exact) mass is 308 g/mol. The molecule has 0 aliphatic carbocycles. The molecule has 1 aliphatic heterocycles. The van der Waals surface area contributed by atoms with Crippen molar-refractivity contribution in [3.63, 3.8) is 0 Å². The summed E-state index contributed by atoms with van der Waals surface area (Å²) in [6, 6.07) is 14.2. The van der Waals surface area contributed by atoms with Crippen LogP contribution in [0.3, 0.4) is 0 Å². The molecule has 23 heavy (non-hydrogen) atoms. The van der Waals surface area contributed by atoms with E-state index in [1.807, 2.05) is 41.4 Å². The van der Waals surface area contributed by atoms with E-state index in [1.54, 1.807) is 4.40 Å². The van der Waals surface area contributed by atoms with Gasteiger partial charge in [-0.25, -0.2) is 0 Å². The Kier molecular flexibility index (Phi) is 3.42. The minimum atomic E-state index is -0.0350. The predicted octanol–water partition coefficient (Wildman–Crippen LogP) is 1.69. The van der Waals surface area contributed by atoms with Gasteiger partial charge in [0.15, 0.2) is 12.3 Å². The SMILES string of the molecule is O=C(COc1nnc2ccccn12)N1CCc2ccccc2C1. The molecule has 0 N–H and O–H groups in total. The normalized spacial score (nSPS) is 13.8. The van der Waals surface area contributed by atoms with Crippen LogP contribution >= 0.6 is 0 Å². The van der Waals surface area contributed by atoms with Crippen LogP contribution in [0.15, 0.2) is 48.7 Å². The number of amides is 1. The standard InChI is InChI=1S/C17H16N4O2/c22-16(20-10-8-13-5-1-2-6-14(13)11-20)12-23-17-19-18-15-7-3-4-9-21(15)17/h1-7,9H,8,10-12H2. The second-order valence-corrected chi connectivity index (χ2v) is 5.53. The van der Waals surface area contributed by atoms with E-state index in [0.717, 1.165) is 13.0 Å². The van der Waals surface area contributed by atoms with Gasteiger partial charge in [0, 0.05) is 19.3 Å². The molecule has 0 unspecified atom stereocenters. The van der Waals surface area contributed by atoms with E-state index in [9.17, 15) is 4.79 Å². The predicted molar refractivity (Wildman–Crippen MR) is 84.0 cm³/mol. The second-order valence-electron chi connectivity index (χ2n) is 5.53. The van der Waals surface area contributed by atoms with Crippen LogP contribution in [0.4, 0.5) is 0 Å². The quantitative estimate of drug-likeness (QED) is 0.739. The molecule has 1 aliphatic rings. The lowest BCUT2D eigenvalue weighted by Crippen LogP contribution is -2.38.